The predicted molar refractivity (Wildman–Crippen MR) is 151 cm³/mol. The molecular weight excluding hydrogens is 418 g/mol. The van der Waals surface area contributed by atoms with Gasteiger partial charge in [0, 0.05) is 6.54 Å². The number of carbonyl (C=O) groups is 1. The standard InChI is InChI=1S/C31H63NO2/c1-3-5-7-9-11-13-15-17-18-19-21-23-25-27-29-32-31(33)34-30-28-26-24-22-20-16-14-12-10-8-6-4-2/h3-30H2,1-2H3,(H,32,33). The Morgan fingerprint density at radius 3 is 1.09 bits per heavy atom. The van der Waals surface area contributed by atoms with Crippen molar-refractivity contribution in [1.29, 1.82) is 0 Å². The van der Waals surface area contributed by atoms with E-state index in [1.807, 2.05) is 0 Å². The Labute approximate surface area is 215 Å². The lowest BCUT2D eigenvalue weighted by Gasteiger charge is -2.07. The Balaban J connectivity index is 3.14. The highest BCUT2D eigenvalue weighted by atomic mass is 16.5. The van der Waals surface area contributed by atoms with E-state index in [0.717, 1.165) is 19.4 Å². The summed E-state index contributed by atoms with van der Waals surface area (Å²) in [6, 6.07) is 0. The van der Waals surface area contributed by atoms with Crippen molar-refractivity contribution in [2.75, 3.05) is 13.2 Å². The molecule has 0 rings (SSSR count). The van der Waals surface area contributed by atoms with Crippen LogP contribution in [0, 0.1) is 0 Å². The van der Waals surface area contributed by atoms with Gasteiger partial charge in [0.25, 0.3) is 0 Å². The van der Waals surface area contributed by atoms with Gasteiger partial charge < -0.3 is 10.1 Å². The molecule has 3 heteroatoms. The summed E-state index contributed by atoms with van der Waals surface area (Å²) in [6.45, 7) is 5.89. The van der Waals surface area contributed by atoms with Gasteiger partial charge in [-0.1, -0.05) is 168 Å². The Morgan fingerprint density at radius 2 is 0.735 bits per heavy atom. The van der Waals surface area contributed by atoms with E-state index >= 15 is 0 Å². The molecule has 1 amide bonds. The number of nitrogens with one attached hydrogen (secondary N) is 1. The molecule has 0 saturated carbocycles. The number of hydrogen-bond donors (Lipinski definition) is 1. The molecule has 0 saturated heterocycles. The number of amides is 1. The van der Waals surface area contributed by atoms with Crippen LogP contribution in [0.4, 0.5) is 4.79 Å². The molecule has 0 heterocycles. The Morgan fingerprint density at radius 1 is 0.441 bits per heavy atom. The number of ether oxygens (including phenoxy) is 1. The normalized spacial score (nSPS) is 11.1. The van der Waals surface area contributed by atoms with Crippen molar-refractivity contribution in [2.24, 2.45) is 0 Å². The van der Waals surface area contributed by atoms with Gasteiger partial charge in [-0.25, -0.2) is 4.79 Å². The van der Waals surface area contributed by atoms with Gasteiger partial charge in [-0.2, -0.15) is 0 Å². The lowest BCUT2D eigenvalue weighted by Crippen LogP contribution is -2.25. The molecule has 1 N–H and O–H groups in total. The molecule has 204 valence electrons. The van der Waals surface area contributed by atoms with Gasteiger partial charge >= 0.3 is 6.09 Å². The molecule has 3 nitrogen and oxygen atoms in total. The summed E-state index contributed by atoms with van der Waals surface area (Å²) in [5.74, 6) is 0. The summed E-state index contributed by atoms with van der Waals surface area (Å²) < 4.78 is 5.30. The number of hydrogen-bond acceptors (Lipinski definition) is 2. The Hall–Kier alpha value is -0.730. The summed E-state index contributed by atoms with van der Waals surface area (Å²) in [4.78, 5) is 11.7. The predicted octanol–water partition coefficient (Wildman–Crippen LogP) is 10.9. The third kappa shape index (κ3) is 29.3. The quantitative estimate of drug-likeness (QED) is 0.113. The lowest BCUT2D eigenvalue weighted by molar-refractivity contribution is 0.143. The fourth-order valence-electron chi connectivity index (χ4n) is 4.67. The molecular formula is C31H63NO2. The molecule has 0 aromatic heterocycles. The highest BCUT2D eigenvalue weighted by Crippen LogP contribution is 2.13. The van der Waals surface area contributed by atoms with Crippen molar-refractivity contribution in [3.05, 3.63) is 0 Å². The maximum absolute atomic E-state index is 11.7. The van der Waals surface area contributed by atoms with Gasteiger partial charge in [0.1, 0.15) is 0 Å². The van der Waals surface area contributed by atoms with Crippen LogP contribution >= 0.6 is 0 Å². The van der Waals surface area contributed by atoms with Gasteiger partial charge in [-0.05, 0) is 12.8 Å². The van der Waals surface area contributed by atoms with E-state index in [4.69, 9.17) is 4.74 Å². The Kier molecular flexibility index (Phi) is 29.7. The van der Waals surface area contributed by atoms with Crippen LogP contribution in [0.5, 0.6) is 0 Å². The molecule has 0 bridgehead atoms. The molecule has 0 aromatic carbocycles. The van der Waals surface area contributed by atoms with E-state index in [1.54, 1.807) is 0 Å². The second-order valence-electron chi connectivity index (χ2n) is 10.5. The maximum Gasteiger partial charge on any atom is 0.407 e. The van der Waals surface area contributed by atoms with Crippen molar-refractivity contribution in [2.45, 2.75) is 181 Å². The second-order valence-corrected chi connectivity index (χ2v) is 10.5. The van der Waals surface area contributed by atoms with E-state index in [0.29, 0.717) is 6.61 Å². The largest absolute Gasteiger partial charge is 0.450 e. The average Bonchev–Trinajstić information content (AvgIpc) is 2.84. The lowest BCUT2D eigenvalue weighted by atomic mass is 10.0. The van der Waals surface area contributed by atoms with E-state index in [2.05, 4.69) is 19.2 Å². The number of unbranched alkanes of at least 4 members (excludes halogenated alkanes) is 24. The van der Waals surface area contributed by atoms with E-state index < -0.39 is 0 Å². The summed E-state index contributed by atoms with van der Waals surface area (Å²) in [5, 5.41) is 2.91. The number of carbonyl (C=O) groups excluding carboxylic acids is 1. The first kappa shape index (κ1) is 33.3. The van der Waals surface area contributed by atoms with Crippen molar-refractivity contribution < 1.29 is 9.53 Å². The van der Waals surface area contributed by atoms with Gasteiger partial charge in [0.2, 0.25) is 0 Å². The zero-order valence-corrected chi connectivity index (χ0v) is 23.6. The van der Waals surface area contributed by atoms with Gasteiger partial charge in [-0.15, -0.1) is 0 Å². The average molecular weight is 482 g/mol. The summed E-state index contributed by atoms with van der Waals surface area (Å²) in [5.41, 5.74) is 0. The Bertz CT molecular complexity index is 386. The highest BCUT2D eigenvalue weighted by Gasteiger charge is 2.01. The van der Waals surface area contributed by atoms with Crippen molar-refractivity contribution >= 4 is 6.09 Å². The second kappa shape index (κ2) is 30.3. The summed E-state index contributed by atoms with van der Waals surface area (Å²) in [7, 11) is 0. The van der Waals surface area contributed by atoms with Crippen molar-refractivity contribution in [3.8, 4) is 0 Å². The van der Waals surface area contributed by atoms with Crippen LogP contribution < -0.4 is 5.32 Å². The van der Waals surface area contributed by atoms with E-state index in [-0.39, 0.29) is 6.09 Å². The van der Waals surface area contributed by atoms with E-state index in [9.17, 15) is 4.79 Å². The summed E-state index contributed by atoms with van der Waals surface area (Å²) in [6.07, 6.45) is 34.8. The SMILES string of the molecule is CCCCCCCCCCCCCCCCNC(=O)OCCCCCCCCCCCCCC. The minimum absolute atomic E-state index is 0.224. The molecule has 0 fully saturated rings. The van der Waals surface area contributed by atoms with Crippen LogP contribution in [0.3, 0.4) is 0 Å². The first-order valence-corrected chi connectivity index (χ1v) is 15.7. The van der Waals surface area contributed by atoms with Gasteiger partial charge in [0.15, 0.2) is 0 Å². The molecule has 0 spiro atoms. The molecule has 0 aliphatic heterocycles. The monoisotopic (exact) mass is 481 g/mol. The first-order valence-electron chi connectivity index (χ1n) is 15.7. The van der Waals surface area contributed by atoms with Crippen LogP contribution in [0.25, 0.3) is 0 Å². The smallest absolute Gasteiger partial charge is 0.407 e. The molecule has 0 aliphatic carbocycles. The van der Waals surface area contributed by atoms with Crippen LogP contribution in [-0.2, 0) is 4.74 Å². The zero-order chi connectivity index (χ0) is 24.8. The third-order valence-electron chi connectivity index (χ3n) is 7.03. The highest BCUT2D eigenvalue weighted by molar-refractivity contribution is 5.66. The number of alkyl carbamates (subject to hydrolysis) is 1. The van der Waals surface area contributed by atoms with Crippen molar-refractivity contribution in [1.82, 2.24) is 5.32 Å². The van der Waals surface area contributed by atoms with Gasteiger partial charge in [-0.3, -0.25) is 0 Å². The van der Waals surface area contributed by atoms with Crippen LogP contribution in [0.1, 0.15) is 181 Å². The van der Waals surface area contributed by atoms with Crippen LogP contribution in [0.2, 0.25) is 0 Å². The first-order chi connectivity index (χ1) is 16.8. The topological polar surface area (TPSA) is 38.3 Å². The minimum Gasteiger partial charge on any atom is -0.450 e. The fraction of sp³-hybridized carbons (Fsp3) is 0.968. The van der Waals surface area contributed by atoms with Crippen LogP contribution in [0.15, 0.2) is 0 Å². The molecule has 0 unspecified atom stereocenters. The third-order valence-corrected chi connectivity index (χ3v) is 7.03. The molecule has 34 heavy (non-hydrogen) atoms. The van der Waals surface area contributed by atoms with E-state index in [1.165, 1.54) is 154 Å². The molecule has 0 aromatic rings. The van der Waals surface area contributed by atoms with Gasteiger partial charge in [0.05, 0.1) is 6.61 Å². The summed E-state index contributed by atoms with van der Waals surface area (Å²) >= 11 is 0. The zero-order valence-electron chi connectivity index (χ0n) is 23.6. The van der Waals surface area contributed by atoms with Crippen LogP contribution in [-0.4, -0.2) is 19.2 Å². The van der Waals surface area contributed by atoms with Crippen molar-refractivity contribution in [3.63, 3.8) is 0 Å². The minimum atomic E-state index is -0.224. The molecule has 0 atom stereocenters. The molecule has 0 radical (unpaired) electrons. The number of rotatable bonds is 28. The fourth-order valence-corrected chi connectivity index (χ4v) is 4.67. The maximum atomic E-state index is 11.7. The molecule has 0 aliphatic rings.